The van der Waals surface area contributed by atoms with Crippen LogP contribution < -0.4 is 5.32 Å². The number of nitrogens with zero attached hydrogens (tertiary/aromatic N) is 3. The topological polar surface area (TPSA) is 50.7 Å². The predicted molar refractivity (Wildman–Crippen MR) is 95.4 cm³/mol. The van der Waals surface area contributed by atoms with E-state index in [0.29, 0.717) is 17.1 Å². The summed E-state index contributed by atoms with van der Waals surface area (Å²) in [5, 5.41) is 3.17. The van der Waals surface area contributed by atoms with Crippen molar-refractivity contribution in [1.82, 2.24) is 15.0 Å². The average molecular weight is 372 g/mol. The molecule has 2 aromatic carbocycles. The highest BCUT2D eigenvalue weighted by atomic mass is 32.1. The number of rotatable bonds is 3. The Kier molecular flexibility index (Phi) is 4.04. The van der Waals surface area contributed by atoms with E-state index in [1.807, 2.05) is 18.2 Å². The monoisotopic (exact) mass is 372 g/mol. The molecule has 8 heteroatoms. The van der Waals surface area contributed by atoms with Gasteiger partial charge in [-0.15, -0.1) is 11.3 Å². The van der Waals surface area contributed by atoms with Gasteiger partial charge in [-0.1, -0.05) is 18.2 Å². The van der Waals surface area contributed by atoms with Gasteiger partial charge in [0.1, 0.15) is 11.3 Å². The van der Waals surface area contributed by atoms with Gasteiger partial charge < -0.3 is 5.32 Å². The lowest BCUT2D eigenvalue weighted by molar-refractivity contribution is -0.137. The maximum absolute atomic E-state index is 12.7. The van der Waals surface area contributed by atoms with Crippen LogP contribution in [0.1, 0.15) is 5.56 Å². The van der Waals surface area contributed by atoms with Crippen molar-refractivity contribution >= 4 is 33.1 Å². The fourth-order valence-corrected chi connectivity index (χ4v) is 3.22. The van der Waals surface area contributed by atoms with Gasteiger partial charge in [0.05, 0.1) is 39.5 Å². The molecular formula is C18H11F3N4S. The van der Waals surface area contributed by atoms with E-state index in [2.05, 4.69) is 20.3 Å². The van der Waals surface area contributed by atoms with Crippen molar-refractivity contribution in [2.24, 2.45) is 0 Å². The molecule has 1 N–H and O–H groups in total. The first kappa shape index (κ1) is 16.5. The van der Waals surface area contributed by atoms with E-state index in [1.54, 1.807) is 11.7 Å². The molecule has 0 aliphatic rings. The summed E-state index contributed by atoms with van der Waals surface area (Å²) in [6.45, 7) is 0. The van der Waals surface area contributed by atoms with E-state index < -0.39 is 11.7 Å². The van der Waals surface area contributed by atoms with Crippen LogP contribution in [-0.2, 0) is 6.18 Å². The first-order valence-corrected chi connectivity index (χ1v) is 8.47. The normalized spacial score (nSPS) is 11.7. The van der Waals surface area contributed by atoms with Crippen LogP contribution in [0, 0.1) is 0 Å². The number of fused-ring (bicyclic) bond motifs is 1. The highest BCUT2D eigenvalue weighted by Crippen LogP contribution is 2.31. The van der Waals surface area contributed by atoms with Gasteiger partial charge in [0.2, 0.25) is 0 Å². The number of hydrogen-bond acceptors (Lipinski definition) is 5. The van der Waals surface area contributed by atoms with E-state index in [-0.39, 0.29) is 0 Å². The summed E-state index contributed by atoms with van der Waals surface area (Å²) in [6.07, 6.45) is -1.30. The Morgan fingerprint density at radius 2 is 1.77 bits per heavy atom. The van der Waals surface area contributed by atoms with Gasteiger partial charge in [-0.3, -0.25) is 4.98 Å². The van der Waals surface area contributed by atoms with Crippen molar-refractivity contribution in [2.75, 3.05) is 5.32 Å². The Morgan fingerprint density at radius 1 is 0.962 bits per heavy atom. The highest BCUT2D eigenvalue weighted by molar-refractivity contribution is 7.16. The molecule has 0 saturated heterocycles. The lowest BCUT2D eigenvalue weighted by Gasteiger charge is -2.09. The number of anilines is 2. The maximum atomic E-state index is 12.7. The number of halogens is 3. The minimum atomic E-state index is -4.36. The SMILES string of the molecule is FC(F)(F)c1ccc(-c2cncc(Nc3cccc4scnc34)n2)cc1. The second-order valence-electron chi connectivity index (χ2n) is 5.49. The fraction of sp³-hybridized carbons (Fsp3) is 0.0556. The van der Waals surface area contributed by atoms with Gasteiger partial charge in [-0.25, -0.2) is 9.97 Å². The molecule has 2 heterocycles. The first-order chi connectivity index (χ1) is 12.5. The second-order valence-corrected chi connectivity index (χ2v) is 6.38. The summed E-state index contributed by atoms with van der Waals surface area (Å²) < 4.78 is 39.1. The zero-order valence-corrected chi connectivity index (χ0v) is 14.0. The van der Waals surface area contributed by atoms with Gasteiger partial charge in [-0.05, 0) is 24.3 Å². The average Bonchev–Trinajstić information content (AvgIpc) is 3.11. The van der Waals surface area contributed by atoms with Gasteiger partial charge in [0.15, 0.2) is 0 Å². The molecular weight excluding hydrogens is 361 g/mol. The van der Waals surface area contributed by atoms with Crippen LogP contribution >= 0.6 is 11.3 Å². The lowest BCUT2D eigenvalue weighted by Crippen LogP contribution is -2.04. The molecule has 4 rings (SSSR count). The van der Waals surface area contributed by atoms with Crippen molar-refractivity contribution in [3.05, 3.63) is 65.9 Å². The van der Waals surface area contributed by atoms with E-state index >= 15 is 0 Å². The summed E-state index contributed by atoms with van der Waals surface area (Å²) in [6, 6.07) is 10.6. The minimum absolute atomic E-state index is 0.481. The number of benzene rings is 2. The summed E-state index contributed by atoms with van der Waals surface area (Å²) in [7, 11) is 0. The molecule has 0 aliphatic carbocycles. The highest BCUT2D eigenvalue weighted by Gasteiger charge is 2.30. The third kappa shape index (κ3) is 3.23. The van der Waals surface area contributed by atoms with E-state index in [1.165, 1.54) is 29.7 Å². The van der Waals surface area contributed by atoms with Crippen LogP contribution in [-0.4, -0.2) is 15.0 Å². The van der Waals surface area contributed by atoms with Crippen LogP contribution in [0.15, 0.2) is 60.4 Å². The molecule has 4 aromatic rings. The maximum Gasteiger partial charge on any atom is 0.416 e. The molecule has 0 radical (unpaired) electrons. The van der Waals surface area contributed by atoms with Crippen molar-refractivity contribution < 1.29 is 13.2 Å². The van der Waals surface area contributed by atoms with Gasteiger partial charge >= 0.3 is 6.18 Å². The van der Waals surface area contributed by atoms with E-state index in [0.717, 1.165) is 28.0 Å². The zero-order chi connectivity index (χ0) is 18.1. The van der Waals surface area contributed by atoms with E-state index in [9.17, 15) is 13.2 Å². The summed E-state index contributed by atoms with van der Waals surface area (Å²) in [5.74, 6) is 0.489. The van der Waals surface area contributed by atoms with Crippen LogP contribution in [0.3, 0.4) is 0 Å². The predicted octanol–water partition coefficient (Wildman–Crippen LogP) is 5.52. The number of alkyl halides is 3. The van der Waals surface area contributed by atoms with Gasteiger partial charge in [0, 0.05) is 5.56 Å². The summed E-state index contributed by atoms with van der Waals surface area (Å²) >= 11 is 1.54. The standard InChI is InChI=1S/C18H11F3N4S/c19-18(20,21)12-6-4-11(5-7-12)14-8-22-9-16(25-14)24-13-2-1-3-15-17(13)23-10-26-15/h1-10H,(H,24,25). The third-order valence-electron chi connectivity index (χ3n) is 3.77. The fourth-order valence-electron chi connectivity index (χ4n) is 2.52. The number of aromatic nitrogens is 3. The molecule has 2 aromatic heterocycles. The van der Waals surface area contributed by atoms with Crippen molar-refractivity contribution in [3.8, 4) is 11.3 Å². The first-order valence-electron chi connectivity index (χ1n) is 7.59. The van der Waals surface area contributed by atoms with Crippen molar-refractivity contribution in [2.45, 2.75) is 6.18 Å². The minimum Gasteiger partial charge on any atom is -0.337 e. The van der Waals surface area contributed by atoms with Crippen LogP contribution in [0.4, 0.5) is 24.7 Å². The quantitative estimate of drug-likeness (QED) is 0.515. The lowest BCUT2D eigenvalue weighted by atomic mass is 10.1. The molecule has 0 amide bonds. The molecule has 4 nitrogen and oxygen atoms in total. The molecule has 0 atom stereocenters. The van der Waals surface area contributed by atoms with Gasteiger partial charge in [0.25, 0.3) is 0 Å². The smallest absolute Gasteiger partial charge is 0.337 e. The number of hydrogen-bond donors (Lipinski definition) is 1. The molecule has 0 bridgehead atoms. The van der Waals surface area contributed by atoms with Gasteiger partial charge in [-0.2, -0.15) is 13.2 Å². The Morgan fingerprint density at radius 3 is 2.54 bits per heavy atom. The molecule has 130 valence electrons. The second kappa shape index (κ2) is 6.38. The largest absolute Gasteiger partial charge is 0.416 e. The van der Waals surface area contributed by atoms with Crippen LogP contribution in [0.25, 0.3) is 21.5 Å². The molecule has 0 saturated carbocycles. The van der Waals surface area contributed by atoms with Crippen molar-refractivity contribution in [3.63, 3.8) is 0 Å². The molecule has 0 fully saturated rings. The Bertz CT molecular complexity index is 1060. The molecule has 0 aliphatic heterocycles. The molecule has 26 heavy (non-hydrogen) atoms. The number of thiazole rings is 1. The Labute approximate surface area is 150 Å². The zero-order valence-electron chi connectivity index (χ0n) is 13.2. The molecule has 0 unspecified atom stereocenters. The van der Waals surface area contributed by atoms with Crippen LogP contribution in [0.5, 0.6) is 0 Å². The van der Waals surface area contributed by atoms with E-state index in [4.69, 9.17) is 0 Å². The molecule has 0 spiro atoms. The Balaban J connectivity index is 1.64. The van der Waals surface area contributed by atoms with Crippen molar-refractivity contribution in [1.29, 1.82) is 0 Å². The number of para-hydroxylation sites is 1. The summed E-state index contributed by atoms with van der Waals surface area (Å²) in [4.78, 5) is 12.9. The Hall–Kier alpha value is -3.00. The van der Waals surface area contributed by atoms with Crippen LogP contribution in [0.2, 0.25) is 0 Å². The third-order valence-corrected chi connectivity index (χ3v) is 4.56. The number of nitrogens with one attached hydrogen (secondary N) is 1. The summed E-state index contributed by atoms with van der Waals surface area (Å²) in [5.41, 5.74) is 3.73.